The highest BCUT2D eigenvalue weighted by Gasteiger charge is 2.37. The molecule has 1 saturated heterocycles. The highest BCUT2D eigenvalue weighted by Crippen LogP contribution is 2.29. The van der Waals surface area contributed by atoms with Gasteiger partial charge in [-0.1, -0.05) is 6.92 Å². The number of aromatic nitrogens is 3. The molecule has 0 aromatic carbocycles. The minimum atomic E-state index is -3.59. The van der Waals surface area contributed by atoms with Gasteiger partial charge in [-0.25, -0.2) is 13.4 Å². The van der Waals surface area contributed by atoms with E-state index in [1.807, 2.05) is 13.8 Å². The van der Waals surface area contributed by atoms with E-state index in [4.69, 9.17) is 0 Å². The lowest BCUT2D eigenvalue weighted by Gasteiger charge is -2.16. The number of aliphatic hydroxyl groups excluding tert-OH is 1. The van der Waals surface area contributed by atoms with Crippen molar-refractivity contribution in [2.45, 2.75) is 18.7 Å². The number of pyridine rings is 1. The van der Waals surface area contributed by atoms with E-state index in [1.54, 1.807) is 17.8 Å². The molecule has 22 heavy (non-hydrogen) atoms. The van der Waals surface area contributed by atoms with Gasteiger partial charge in [0.1, 0.15) is 4.90 Å². The topological polar surface area (TPSA) is 88.3 Å². The number of fused-ring (bicyclic) bond motifs is 1. The summed E-state index contributed by atoms with van der Waals surface area (Å²) in [6, 6.07) is 1.64. The third-order valence-electron chi connectivity index (χ3n) is 4.44. The van der Waals surface area contributed by atoms with Crippen molar-refractivity contribution in [1.82, 2.24) is 19.1 Å². The second-order valence-corrected chi connectivity index (χ2v) is 7.93. The third-order valence-corrected chi connectivity index (χ3v) is 6.24. The van der Waals surface area contributed by atoms with Gasteiger partial charge in [-0.05, 0) is 24.8 Å². The summed E-state index contributed by atoms with van der Waals surface area (Å²) in [4.78, 5) is 4.42. The number of hydrogen-bond acceptors (Lipinski definition) is 5. The van der Waals surface area contributed by atoms with Gasteiger partial charge < -0.3 is 5.11 Å². The maximum Gasteiger partial charge on any atom is 0.244 e. The molecule has 0 aliphatic carbocycles. The quantitative estimate of drug-likeness (QED) is 0.889. The van der Waals surface area contributed by atoms with Crippen LogP contribution in [0.2, 0.25) is 0 Å². The minimum Gasteiger partial charge on any atom is -0.396 e. The molecule has 2 atom stereocenters. The fourth-order valence-electron chi connectivity index (χ4n) is 3.00. The molecule has 2 aromatic rings. The molecule has 1 N–H and O–H groups in total. The maximum atomic E-state index is 12.8. The average molecular weight is 324 g/mol. The van der Waals surface area contributed by atoms with E-state index in [0.29, 0.717) is 18.7 Å². The first-order valence-electron chi connectivity index (χ1n) is 7.25. The molecule has 3 rings (SSSR count). The Kier molecular flexibility index (Phi) is 3.70. The van der Waals surface area contributed by atoms with Crippen LogP contribution in [-0.2, 0) is 17.1 Å². The number of aryl methyl sites for hydroxylation is 2. The molecule has 120 valence electrons. The second-order valence-electron chi connectivity index (χ2n) is 5.99. The monoisotopic (exact) mass is 324 g/mol. The first-order valence-corrected chi connectivity index (χ1v) is 8.69. The fourth-order valence-corrected chi connectivity index (χ4v) is 4.57. The van der Waals surface area contributed by atoms with Crippen LogP contribution in [0, 0.1) is 18.8 Å². The van der Waals surface area contributed by atoms with Crippen molar-refractivity contribution >= 4 is 21.1 Å². The van der Waals surface area contributed by atoms with E-state index in [9.17, 15) is 13.5 Å². The van der Waals surface area contributed by atoms with E-state index < -0.39 is 10.0 Å². The van der Waals surface area contributed by atoms with E-state index in [-0.39, 0.29) is 23.3 Å². The van der Waals surface area contributed by atoms with Gasteiger partial charge in [0, 0.05) is 38.3 Å². The lowest BCUT2D eigenvalue weighted by atomic mass is 10.00. The highest BCUT2D eigenvalue weighted by molar-refractivity contribution is 7.89. The first kappa shape index (κ1) is 15.4. The summed E-state index contributed by atoms with van der Waals surface area (Å²) in [6.07, 6.45) is 1.38. The van der Waals surface area contributed by atoms with Crippen LogP contribution in [0.5, 0.6) is 0 Å². The largest absolute Gasteiger partial charge is 0.396 e. The van der Waals surface area contributed by atoms with Crippen LogP contribution in [0.15, 0.2) is 17.2 Å². The van der Waals surface area contributed by atoms with E-state index in [0.717, 1.165) is 11.1 Å². The molecule has 0 spiro atoms. The summed E-state index contributed by atoms with van der Waals surface area (Å²) in [5.41, 5.74) is 1.42. The van der Waals surface area contributed by atoms with Crippen molar-refractivity contribution in [3.8, 4) is 0 Å². The molecule has 0 unspecified atom stereocenters. The third kappa shape index (κ3) is 2.31. The normalized spacial score (nSPS) is 23.5. The van der Waals surface area contributed by atoms with Gasteiger partial charge in [0.05, 0.1) is 5.69 Å². The zero-order valence-electron chi connectivity index (χ0n) is 12.9. The summed E-state index contributed by atoms with van der Waals surface area (Å²) >= 11 is 0. The van der Waals surface area contributed by atoms with Crippen LogP contribution < -0.4 is 0 Å². The maximum absolute atomic E-state index is 12.8. The Labute approximate surface area is 129 Å². The number of rotatable bonds is 3. The van der Waals surface area contributed by atoms with Gasteiger partial charge in [-0.2, -0.15) is 9.40 Å². The molecule has 7 nitrogen and oxygen atoms in total. The summed E-state index contributed by atoms with van der Waals surface area (Å²) in [6.45, 7) is 4.58. The molecule has 1 aliphatic heterocycles. The molecule has 3 heterocycles. The van der Waals surface area contributed by atoms with Crippen molar-refractivity contribution in [3.63, 3.8) is 0 Å². The van der Waals surface area contributed by atoms with Gasteiger partial charge in [0.15, 0.2) is 5.65 Å². The predicted molar refractivity (Wildman–Crippen MR) is 81.7 cm³/mol. The van der Waals surface area contributed by atoms with E-state index in [1.165, 1.54) is 10.5 Å². The Morgan fingerprint density at radius 1 is 1.41 bits per heavy atom. The number of sulfonamides is 1. The number of aliphatic hydroxyl groups is 1. The lowest BCUT2D eigenvalue weighted by molar-refractivity contribution is 0.210. The molecule has 1 aliphatic rings. The van der Waals surface area contributed by atoms with Crippen LogP contribution in [-0.4, -0.2) is 52.3 Å². The molecule has 0 bridgehead atoms. The van der Waals surface area contributed by atoms with Crippen molar-refractivity contribution in [2.75, 3.05) is 19.7 Å². The average Bonchev–Trinajstić information content (AvgIpc) is 3.00. The van der Waals surface area contributed by atoms with Crippen molar-refractivity contribution < 1.29 is 13.5 Å². The van der Waals surface area contributed by atoms with Gasteiger partial charge in [0.25, 0.3) is 0 Å². The molecule has 0 saturated carbocycles. The van der Waals surface area contributed by atoms with Gasteiger partial charge in [-0.15, -0.1) is 0 Å². The van der Waals surface area contributed by atoms with Crippen LogP contribution >= 0.6 is 0 Å². The van der Waals surface area contributed by atoms with Gasteiger partial charge >= 0.3 is 0 Å². The molecular formula is C14H20N4O3S. The molecule has 0 amide bonds. The number of hydrogen-bond donors (Lipinski definition) is 1. The van der Waals surface area contributed by atoms with E-state index in [2.05, 4.69) is 10.1 Å². The van der Waals surface area contributed by atoms with Crippen LogP contribution in [0.4, 0.5) is 0 Å². The Morgan fingerprint density at radius 2 is 2.14 bits per heavy atom. The van der Waals surface area contributed by atoms with Gasteiger partial charge in [-0.3, -0.25) is 4.68 Å². The van der Waals surface area contributed by atoms with Crippen LogP contribution in [0.25, 0.3) is 11.0 Å². The summed E-state index contributed by atoms with van der Waals surface area (Å²) in [5.74, 6) is 0.142. The predicted octanol–water partition coefficient (Wildman–Crippen LogP) is 0.526. The minimum absolute atomic E-state index is 0.00614. The smallest absolute Gasteiger partial charge is 0.244 e. The van der Waals surface area contributed by atoms with Crippen LogP contribution in [0.1, 0.15) is 12.6 Å². The molecule has 2 aromatic heterocycles. The van der Waals surface area contributed by atoms with Crippen molar-refractivity contribution in [1.29, 1.82) is 0 Å². The SMILES string of the molecule is Cc1nn(C)c2ncc(S(=O)(=O)N3C[C@@H](CO)[C@H](C)C3)cc12. The zero-order chi connectivity index (χ0) is 16.1. The highest BCUT2D eigenvalue weighted by atomic mass is 32.2. The second kappa shape index (κ2) is 5.29. The van der Waals surface area contributed by atoms with Gasteiger partial charge in [0.2, 0.25) is 10.0 Å². The summed E-state index contributed by atoms with van der Waals surface area (Å²) in [5, 5.41) is 14.3. The van der Waals surface area contributed by atoms with E-state index >= 15 is 0 Å². The Bertz CT molecular complexity index is 815. The lowest BCUT2D eigenvalue weighted by Crippen LogP contribution is -2.29. The molecule has 8 heteroatoms. The molecular weight excluding hydrogens is 304 g/mol. The Hall–Kier alpha value is -1.51. The Balaban J connectivity index is 2.01. The molecule has 1 fully saturated rings. The molecule has 0 radical (unpaired) electrons. The fraction of sp³-hybridized carbons (Fsp3) is 0.571. The summed E-state index contributed by atoms with van der Waals surface area (Å²) < 4.78 is 28.6. The first-order chi connectivity index (χ1) is 10.3. The van der Waals surface area contributed by atoms with Crippen LogP contribution in [0.3, 0.4) is 0 Å². The Morgan fingerprint density at radius 3 is 2.77 bits per heavy atom. The zero-order valence-corrected chi connectivity index (χ0v) is 13.7. The summed E-state index contributed by atoms with van der Waals surface area (Å²) in [7, 11) is -1.81. The number of nitrogens with zero attached hydrogens (tertiary/aromatic N) is 4. The van der Waals surface area contributed by atoms with Crippen molar-refractivity contribution in [3.05, 3.63) is 18.0 Å². The van der Waals surface area contributed by atoms with Crippen molar-refractivity contribution in [2.24, 2.45) is 18.9 Å². The standard InChI is InChI=1S/C14H20N4O3S/c1-9-6-18(7-11(9)8-19)22(20,21)12-4-13-10(2)16-17(3)14(13)15-5-12/h4-5,9,11,19H,6-8H2,1-3H3/t9-,11+/m1/s1.